The van der Waals surface area contributed by atoms with Crippen LogP contribution in [-0.2, 0) is 4.79 Å². The molecule has 0 radical (unpaired) electrons. The highest BCUT2D eigenvalue weighted by Crippen LogP contribution is 2.16. The van der Waals surface area contributed by atoms with Crippen molar-refractivity contribution in [2.45, 2.75) is 25.3 Å². The third-order valence-corrected chi connectivity index (χ3v) is 4.06. The van der Waals surface area contributed by atoms with Crippen molar-refractivity contribution in [3.05, 3.63) is 65.7 Å². The van der Waals surface area contributed by atoms with Crippen molar-refractivity contribution in [2.75, 3.05) is 11.9 Å². The van der Waals surface area contributed by atoms with E-state index in [-0.39, 0.29) is 17.7 Å². The highest BCUT2D eigenvalue weighted by Gasteiger charge is 2.20. The average Bonchev–Trinajstić information content (AvgIpc) is 2.63. The van der Waals surface area contributed by atoms with Crippen LogP contribution in [0, 0.1) is 0 Å². The minimum atomic E-state index is -0.141. The Labute approximate surface area is 135 Å². The minimum Gasteiger partial charge on any atom is -0.325 e. The molecule has 0 aromatic heterocycles. The quantitative estimate of drug-likeness (QED) is 0.854. The van der Waals surface area contributed by atoms with Crippen molar-refractivity contribution >= 4 is 17.4 Å². The molecule has 23 heavy (non-hydrogen) atoms. The molecule has 1 fully saturated rings. The monoisotopic (exact) mass is 308 g/mol. The average molecular weight is 308 g/mol. The van der Waals surface area contributed by atoms with Crippen LogP contribution in [0.1, 0.15) is 35.2 Å². The number of rotatable bonds is 4. The first-order chi connectivity index (χ1) is 11.2. The van der Waals surface area contributed by atoms with Gasteiger partial charge in [0.25, 0.3) is 0 Å². The number of carbonyl (C=O) groups excluding carboxylic acids is 2. The first kappa shape index (κ1) is 15.4. The predicted molar refractivity (Wildman–Crippen MR) is 90.6 cm³/mol. The number of carbonyl (C=O) groups is 2. The van der Waals surface area contributed by atoms with Crippen LogP contribution in [-0.4, -0.2) is 24.3 Å². The van der Waals surface area contributed by atoms with Gasteiger partial charge in [-0.3, -0.25) is 9.59 Å². The second-order valence-electron chi connectivity index (χ2n) is 5.77. The molecule has 1 unspecified atom stereocenters. The zero-order valence-electron chi connectivity index (χ0n) is 12.9. The van der Waals surface area contributed by atoms with Gasteiger partial charge in [0.05, 0.1) is 6.04 Å². The highest BCUT2D eigenvalue weighted by atomic mass is 16.2. The second-order valence-corrected chi connectivity index (χ2v) is 5.77. The molecule has 1 heterocycles. The second kappa shape index (κ2) is 7.20. The van der Waals surface area contributed by atoms with E-state index >= 15 is 0 Å². The number of hydrogen-bond acceptors (Lipinski definition) is 3. The van der Waals surface area contributed by atoms with E-state index in [1.165, 1.54) is 0 Å². The van der Waals surface area contributed by atoms with E-state index in [4.69, 9.17) is 0 Å². The Hall–Kier alpha value is -2.46. The molecule has 4 nitrogen and oxygen atoms in total. The summed E-state index contributed by atoms with van der Waals surface area (Å²) < 4.78 is 0. The van der Waals surface area contributed by atoms with Gasteiger partial charge in [-0.05, 0) is 31.5 Å². The largest absolute Gasteiger partial charge is 0.325 e. The maximum absolute atomic E-state index is 12.5. The molecule has 0 saturated carbocycles. The van der Waals surface area contributed by atoms with Crippen molar-refractivity contribution in [2.24, 2.45) is 0 Å². The SMILES string of the molecule is O=C(c1ccccc1)c1cccc(NC(=O)C2CCCCN2)c1. The number of ketones is 1. The molecule has 118 valence electrons. The van der Waals surface area contributed by atoms with Crippen LogP contribution in [0.5, 0.6) is 0 Å². The summed E-state index contributed by atoms with van der Waals surface area (Å²) >= 11 is 0. The zero-order chi connectivity index (χ0) is 16.1. The molecule has 3 rings (SSSR count). The lowest BCUT2D eigenvalue weighted by atomic mass is 10.0. The summed E-state index contributed by atoms with van der Waals surface area (Å²) in [7, 11) is 0. The van der Waals surface area contributed by atoms with Gasteiger partial charge in [-0.2, -0.15) is 0 Å². The molecule has 1 aliphatic rings. The summed E-state index contributed by atoms with van der Waals surface area (Å²) in [4.78, 5) is 24.7. The molecule has 0 bridgehead atoms. The third-order valence-electron chi connectivity index (χ3n) is 4.06. The van der Waals surface area contributed by atoms with Gasteiger partial charge >= 0.3 is 0 Å². The maximum Gasteiger partial charge on any atom is 0.241 e. The van der Waals surface area contributed by atoms with E-state index in [9.17, 15) is 9.59 Å². The third kappa shape index (κ3) is 3.85. The summed E-state index contributed by atoms with van der Waals surface area (Å²) in [6.45, 7) is 0.880. The van der Waals surface area contributed by atoms with Crippen LogP contribution in [0.4, 0.5) is 5.69 Å². The number of anilines is 1. The topological polar surface area (TPSA) is 58.2 Å². The van der Waals surface area contributed by atoms with Crippen molar-refractivity contribution in [1.82, 2.24) is 5.32 Å². The first-order valence-electron chi connectivity index (χ1n) is 7.98. The fourth-order valence-corrected chi connectivity index (χ4v) is 2.80. The fraction of sp³-hybridized carbons (Fsp3) is 0.263. The number of benzene rings is 2. The Kier molecular flexibility index (Phi) is 4.83. The highest BCUT2D eigenvalue weighted by molar-refractivity contribution is 6.09. The first-order valence-corrected chi connectivity index (χ1v) is 7.98. The normalized spacial score (nSPS) is 17.5. The fourth-order valence-electron chi connectivity index (χ4n) is 2.80. The molecule has 1 saturated heterocycles. The van der Waals surface area contributed by atoms with Crippen LogP contribution in [0.15, 0.2) is 54.6 Å². The van der Waals surface area contributed by atoms with Gasteiger partial charge in [-0.15, -0.1) is 0 Å². The van der Waals surface area contributed by atoms with Gasteiger partial charge in [0, 0.05) is 16.8 Å². The molecular weight excluding hydrogens is 288 g/mol. The minimum absolute atomic E-state index is 0.0333. The Morgan fingerprint density at radius 3 is 2.48 bits per heavy atom. The van der Waals surface area contributed by atoms with Crippen molar-refractivity contribution in [1.29, 1.82) is 0 Å². The maximum atomic E-state index is 12.5. The molecule has 2 aromatic carbocycles. The Morgan fingerprint density at radius 1 is 0.957 bits per heavy atom. The van der Waals surface area contributed by atoms with Gasteiger partial charge in [0.2, 0.25) is 5.91 Å². The molecule has 0 aliphatic carbocycles. The zero-order valence-corrected chi connectivity index (χ0v) is 12.9. The summed E-state index contributed by atoms with van der Waals surface area (Å²) in [5.41, 5.74) is 1.87. The molecule has 0 spiro atoms. The molecule has 2 N–H and O–H groups in total. The number of hydrogen-bond donors (Lipinski definition) is 2. The summed E-state index contributed by atoms with van der Waals surface area (Å²) in [5.74, 6) is -0.0773. The van der Waals surface area contributed by atoms with Crippen LogP contribution in [0.2, 0.25) is 0 Å². The number of amides is 1. The van der Waals surface area contributed by atoms with Crippen LogP contribution in [0.25, 0.3) is 0 Å². The summed E-state index contributed by atoms with van der Waals surface area (Å²) in [5, 5.41) is 6.13. The van der Waals surface area contributed by atoms with Crippen molar-refractivity contribution in [3.63, 3.8) is 0 Å². The van der Waals surface area contributed by atoms with Crippen LogP contribution in [0.3, 0.4) is 0 Å². The summed E-state index contributed by atoms with van der Waals surface area (Å²) in [6, 6.07) is 16.1. The lowest BCUT2D eigenvalue weighted by molar-refractivity contribution is -0.118. The number of nitrogens with one attached hydrogen (secondary N) is 2. The molecule has 2 aromatic rings. The van der Waals surface area contributed by atoms with Crippen LogP contribution < -0.4 is 10.6 Å². The lowest BCUT2D eigenvalue weighted by Gasteiger charge is -2.22. The lowest BCUT2D eigenvalue weighted by Crippen LogP contribution is -2.43. The molecule has 1 aliphatic heterocycles. The summed E-state index contributed by atoms with van der Waals surface area (Å²) in [6.07, 6.45) is 3.04. The smallest absolute Gasteiger partial charge is 0.241 e. The van der Waals surface area contributed by atoms with E-state index in [0.29, 0.717) is 16.8 Å². The molecular formula is C19H20N2O2. The molecule has 1 amide bonds. The van der Waals surface area contributed by atoms with Gasteiger partial charge in [0.15, 0.2) is 5.78 Å². The van der Waals surface area contributed by atoms with Gasteiger partial charge < -0.3 is 10.6 Å². The van der Waals surface area contributed by atoms with Gasteiger partial charge in [-0.25, -0.2) is 0 Å². The Bertz CT molecular complexity index is 692. The molecule has 4 heteroatoms. The van der Waals surface area contributed by atoms with E-state index in [2.05, 4.69) is 10.6 Å². The van der Waals surface area contributed by atoms with Crippen molar-refractivity contribution in [3.8, 4) is 0 Å². The number of piperidine rings is 1. The predicted octanol–water partition coefficient (Wildman–Crippen LogP) is 3.00. The van der Waals surface area contributed by atoms with Crippen molar-refractivity contribution < 1.29 is 9.59 Å². The van der Waals surface area contributed by atoms with E-state index in [1.807, 2.05) is 24.3 Å². The van der Waals surface area contributed by atoms with Gasteiger partial charge in [-0.1, -0.05) is 48.9 Å². The van der Waals surface area contributed by atoms with E-state index < -0.39 is 0 Å². The standard InChI is InChI=1S/C19H20N2O2/c22-18(14-7-2-1-3-8-14)15-9-6-10-16(13-15)21-19(23)17-11-4-5-12-20-17/h1-3,6-10,13,17,20H,4-5,11-12H2,(H,21,23). The van der Waals surface area contributed by atoms with E-state index in [1.54, 1.807) is 30.3 Å². The Morgan fingerprint density at radius 2 is 1.74 bits per heavy atom. The van der Waals surface area contributed by atoms with Crippen LogP contribution >= 0.6 is 0 Å². The Balaban J connectivity index is 1.72. The van der Waals surface area contributed by atoms with Gasteiger partial charge in [0.1, 0.15) is 0 Å². The molecule has 1 atom stereocenters. The van der Waals surface area contributed by atoms with E-state index in [0.717, 1.165) is 25.8 Å².